The average Bonchev–Trinajstić information content (AvgIpc) is 2.69. The number of benzene rings is 1. The molecule has 178 valence electrons. The first kappa shape index (κ1) is 27.8. The number of carbonyl (C=O) groups excluding carboxylic acids is 2. The highest BCUT2D eigenvalue weighted by molar-refractivity contribution is 6.49. The largest absolute Gasteiger partial charge is 0.497 e. The van der Waals surface area contributed by atoms with Crippen LogP contribution in [0.2, 0.25) is 0 Å². The first-order valence-electron chi connectivity index (χ1n) is 11.2. The Bertz CT molecular complexity index is 808. The van der Waals surface area contributed by atoms with Gasteiger partial charge in [0.15, 0.2) is 0 Å². The van der Waals surface area contributed by atoms with Crippen LogP contribution in [0.25, 0.3) is 5.03 Å². The Labute approximate surface area is 199 Å². The predicted molar refractivity (Wildman–Crippen MR) is 134 cm³/mol. The van der Waals surface area contributed by atoms with Crippen LogP contribution in [-0.2, 0) is 9.59 Å². The fourth-order valence-corrected chi connectivity index (χ4v) is 4.18. The minimum absolute atomic E-state index is 0.0293. The van der Waals surface area contributed by atoms with Gasteiger partial charge >= 0.3 is 0 Å². The van der Waals surface area contributed by atoms with Crippen LogP contribution >= 0.6 is 11.6 Å². The van der Waals surface area contributed by atoms with Crippen LogP contribution in [-0.4, -0.2) is 52.9 Å². The van der Waals surface area contributed by atoms with Gasteiger partial charge in [-0.2, -0.15) is 0 Å². The van der Waals surface area contributed by atoms with Crippen molar-refractivity contribution in [1.82, 2.24) is 9.80 Å². The van der Waals surface area contributed by atoms with Crippen LogP contribution in [0.15, 0.2) is 42.0 Å². The topological polar surface area (TPSA) is 49.9 Å². The van der Waals surface area contributed by atoms with Crippen molar-refractivity contribution in [2.24, 2.45) is 0 Å². The minimum atomic E-state index is -0.108. The maximum atomic E-state index is 13.2. The Morgan fingerprint density at radius 2 is 1.31 bits per heavy atom. The summed E-state index contributed by atoms with van der Waals surface area (Å²) in [4.78, 5) is 29.7. The molecule has 0 N–H and O–H groups in total. The summed E-state index contributed by atoms with van der Waals surface area (Å²) < 4.78 is 5.22. The Balaban J connectivity index is 3.39. The molecule has 5 nitrogen and oxygen atoms in total. The Morgan fingerprint density at radius 3 is 1.72 bits per heavy atom. The van der Waals surface area contributed by atoms with Crippen LogP contribution in [0.3, 0.4) is 0 Å². The van der Waals surface area contributed by atoms with E-state index in [1.807, 2.05) is 84.6 Å². The minimum Gasteiger partial charge on any atom is -0.497 e. The normalized spacial score (nSPS) is 12.7. The van der Waals surface area contributed by atoms with Crippen molar-refractivity contribution in [2.75, 3.05) is 7.11 Å². The molecule has 6 heteroatoms. The molecule has 32 heavy (non-hydrogen) atoms. The second-order valence-corrected chi connectivity index (χ2v) is 9.38. The van der Waals surface area contributed by atoms with Gasteiger partial charge in [0.05, 0.1) is 18.6 Å². The van der Waals surface area contributed by atoms with Gasteiger partial charge in [0.25, 0.3) is 0 Å². The third-order valence-corrected chi connectivity index (χ3v) is 5.62. The van der Waals surface area contributed by atoms with Gasteiger partial charge in [-0.25, -0.2) is 0 Å². The van der Waals surface area contributed by atoms with Crippen molar-refractivity contribution in [3.63, 3.8) is 0 Å². The summed E-state index contributed by atoms with van der Waals surface area (Å²) in [6, 6.07) is 7.58. The zero-order valence-electron chi connectivity index (χ0n) is 21.0. The lowest BCUT2D eigenvalue weighted by atomic mass is 10.0. The van der Waals surface area contributed by atoms with Gasteiger partial charge < -0.3 is 14.5 Å². The van der Waals surface area contributed by atoms with Gasteiger partial charge in [-0.3, -0.25) is 9.59 Å². The average molecular weight is 463 g/mol. The highest BCUT2D eigenvalue weighted by Gasteiger charge is 2.23. The van der Waals surface area contributed by atoms with Gasteiger partial charge in [-0.1, -0.05) is 17.7 Å². The molecule has 0 aliphatic heterocycles. The highest BCUT2D eigenvalue weighted by atomic mass is 35.5. The van der Waals surface area contributed by atoms with Gasteiger partial charge in [0, 0.05) is 30.2 Å². The molecule has 0 bridgehead atoms. The summed E-state index contributed by atoms with van der Waals surface area (Å²) in [5.41, 5.74) is 1.37. The summed E-state index contributed by atoms with van der Waals surface area (Å²) in [6.45, 7) is 15.9. The molecule has 2 amide bonds. The lowest BCUT2D eigenvalue weighted by Gasteiger charge is -2.31. The van der Waals surface area contributed by atoms with Crippen molar-refractivity contribution in [3.05, 3.63) is 47.6 Å². The fraction of sp³-hybridized carbons (Fsp3) is 0.538. The molecule has 0 spiro atoms. The number of methoxy groups -OCH3 is 1. The summed E-state index contributed by atoms with van der Waals surface area (Å²) >= 11 is 6.76. The van der Waals surface area contributed by atoms with E-state index >= 15 is 0 Å². The number of allylic oxidation sites excluding steroid dienone is 1. The first-order chi connectivity index (χ1) is 14.9. The van der Waals surface area contributed by atoms with Crippen molar-refractivity contribution in [3.8, 4) is 5.75 Å². The molecule has 0 unspecified atom stereocenters. The van der Waals surface area contributed by atoms with E-state index in [-0.39, 0.29) is 42.4 Å². The smallest absolute Gasteiger partial charge is 0.247 e. The van der Waals surface area contributed by atoms with Crippen LogP contribution in [0.1, 0.15) is 67.4 Å². The van der Waals surface area contributed by atoms with E-state index in [1.54, 1.807) is 18.1 Å². The van der Waals surface area contributed by atoms with Gasteiger partial charge in [0.1, 0.15) is 5.75 Å². The molecule has 1 aromatic rings. The molecule has 0 atom stereocenters. The van der Waals surface area contributed by atoms with E-state index in [4.69, 9.17) is 16.3 Å². The lowest BCUT2D eigenvalue weighted by Crippen LogP contribution is -2.42. The van der Waals surface area contributed by atoms with Crippen LogP contribution in [0.5, 0.6) is 5.75 Å². The number of hydrogen-bond acceptors (Lipinski definition) is 3. The van der Waals surface area contributed by atoms with E-state index in [0.717, 1.165) is 11.3 Å². The number of ether oxygens (including phenoxy) is 1. The van der Waals surface area contributed by atoms with E-state index in [9.17, 15) is 9.59 Å². The first-order valence-corrected chi connectivity index (χ1v) is 11.6. The Kier molecular flexibility index (Phi) is 11.0. The standard InChI is InChI=1S/C26H39ClN2O3/c1-17(2)28(18(3)4)24(30)15-12-22(16-25(31)29(19(5)6)20(7)8)26(27)21-10-13-23(32-9)14-11-21/h10-15,17-20H,16H2,1-9H3/b15-12+,26-22+. The number of hydrogen-bond donors (Lipinski definition) is 0. The molecule has 0 aromatic heterocycles. The highest BCUT2D eigenvalue weighted by Crippen LogP contribution is 2.28. The molecule has 1 rings (SSSR count). The van der Waals surface area contributed by atoms with Gasteiger partial charge in [-0.05, 0) is 90.8 Å². The molecular weight excluding hydrogens is 424 g/mol. The summed E-state index contributed by atoms with van der Waals surface area (Å²) in [5, 5.41) is 0.443. The molecule has 0 aliphatic rings. The summed E-state index contributed by atoms with van der Waals surface area (Å²) in [6.07, 6.45) is 3.31. The number of rotatable bonds is 10. The van der Waals surface area contributed by atoms with E-state index in [1.165, 1.54) is 6.08 Å². The maximum absolute atomic E-state index is 13.2. The SMILES string of the molecule is COc1ccc(/C(Cl)=C(/C=C/C(=O)N(C(C)C)C(C)C)CC(=O)N(C(C)C)C(C)C)cc1. The monoisotopic (exact) mass is 462 g/mol. The molecule has 0 fully saturated rings. The van der Waals surface area contributed by atoms with Crippen molar-refractivity contribution in [1.29, 1.82) is 0 Å². The van der Waals surface area contributed by atoms with E-state index in [0.29, 0.717) is 10.6 Å². The third-order valence-electron chi connectivity index (χ3n) is 5.16. The zero-order valence-corrected chi connectivity index (χ0v) is 21.7. The number of halogens is 1. The van der Waals surface area contributed by atoms with Crippen LogP contribution in [0, 0.1) is 0 Å². The van der Waals surface area contributed by atoms with Crippen molar-refractivity contribution >= 4 is 28.4 Å². The quantitative estimate of drug-likeness (QED) is 0.322. The zero-order chi connectivity index (χ0) is 24.6. The van der Waals surface area contributed by atoms with Crippen molar-refractivity contribution in [2.45, 2.75) is 86.0 Å². The van der Waals surface area contributed by atoms with E-state index in [2.05, 4.69) is 0 Å². The molecular formula is C26H39ClN2O3. The van der Waals surface area contributed by atoms with Gasteiger partial charge in [0.2, 0.25) is 11.8 Å². The molecule has 0 heterocycles. The second kappa shape index (κ2) is 12.7. The van der Waals surface area contributed by atoms with E-state index < -0.39 is 0 Å². The predicted octanol–water partition coefficient (Wildman–Crippen LogP) is 5.88. The Morgan fingerprint density at radius 1 is 0.844 bits per heavy atom. The molecule has 1 aromatic carbocycles. The van der Waals surface area contributed by atoms with Crippen LogP contribution < -0.4 is 4.74 Å². The van der Waals surface area contributed by atoms with Crippen molar-refractivity contribution < 1.29 is 14.3 Å². The summed E-state index contributed by atoms with van der Waals surface area (Å²) in [5.74, 6) is 0.582. The number of amides is 2. The third kappa shape index (κ3) is 7.70. The Hall–Kier alpha value is -2.27. The fourth-order valence-electron chi connectivity index (χ4n) is 3.92. The van der Waals surface area contributed by atoms with Gasteiger partial charge in [-0.15, -0.1) is 0 Å². The van der Waals surface area contributed by atoms with Crippen LogP contribution in [0.4, 0.5) is 0 Å². The second-order valence-electron chi connectivity index (χ2n) is 9.00. The summed E-state index contributed by atoms with van der Waals surface area (Å²) in [7, 11) is 1.60. The lowest BCUT2D eigenvalue weighted by molar-refractivity contribution is -0.134. The maximum Gasteiger partial charge on any atom is 0.247 e. The number of nitrogens with zero attached hydrogens (tertiary/aromatic N) is 2. The molecule has 0 radical (unpaired) electrons. The molecule has 0 aliphatic carbocycles. The number of carbonyl (C=O) groups is 2. The molecule has 0 saturated carbocycles. The molecule has 0 saturated heterocycles.